The summed E-state index contributed by atoms with van der Waals surface area (Å²) in [4.78, 5) is 31.4. The largest absolute Gasteiger partial charge is 0.335 e. The first-order valence-corrected chi connectivity index (χ1v) is 9.69. The molecule has 0 aliphatic heterocycles. The van der Waals surface area contributed by atoms with E-state index in [0.29, 0.717) is 35.9 Å². The van der Waals surface area contributed by atoms with E-state index in [4.69, 9.17) is 0 Å². The standard InChI is InChI=1S/C21H25N3O2S/c1-5-12-24(13-6-2)19(25)15-27-21-22-16(3)18(20(26)23(21)4)14-17-10-8-7-9-11-17/h5-11H,1-2,12-15H2,3-4H3. The van der Waals surface area contributed by atoms with Gasteiger partial charge in [-0.2, -0.15) is 0 Å². The number of aryl methyl sites for hydroxylation is 1. The van der Waals surface area contributed by atoms with Gasteiger partial charge < -0.3 is 4.90 Å². The lowest BCUT2D eigenvalue weighted by molar-refractivity contribution is -0.127. The van der Waals surface area contributed by atoms with Gasteiger partial charge in [0.1, 0.15) is 0 Å². The normalized spacial score (nSPS) is 10.4. The molecular formula is C21H25N3O2S. The van der Waals surface area contributed by atoms with Crippen molar-refractivity contribution in [2.75, 3.05) is 18.8 Å². The lowest BCUT2D eigenvalue weighted by Gasteiger charge is -2.19. The third kappa shape index (κ3) is 5.44. The molecule has 0 spiro atoms. The molecule has 0 fully saturated rings. The fraction of sp³-hybridized carbons (Fsp3) is 0.286. The van der Waals surface area contributed by atoms with Crippen LogP contribution in [0.4, 0.5) is 0 Å². The van der Waals surface area contributed by atoms with Crippen LogP contribution in [0.15, 0.2) is 65.6 Å². The first kappa shape index (κ1) is 20.7. The van der Waals surface area contributed by atoms with Crippen molar-refractivity contribution in [3.8, 4) is 0 Å². The van der Waals surface area contributed by atoms with Gasteiger partial charge in [0.25, 0.3) is 5.56 Å². The molecule has 142 valence electrons. The highest BCUT2D eigenvalue weighted by Crippen LogP contribution is 2.17. The van der Waals surface area contributed by atoms with E-state index in [0.717, 1.165) is 5.56 Å². The van der Waals surface area contributed by atoms with Crippen LogP contribution < -0.4 is 5.56 Å². The van der Waals surface area contributed by atoms with Crippen LogP contribution >= 0.6 is 11.8 Å². The van der Waals surface area contributed by atoms with Crippen LogP contribution in [-0.4, -0.2) is 39.2 Å². The molecule has 0 aliphatic carbocycles. The summed E-state index contributed by atoms with van der Waals surface area (Å²) in [5.41, 5.74) is 2.38. The van der Waals surface area contributed by atoms with Crippen molar-refractivity contribution < 1.29 is 4.79 Å². The summed E-state index contributed by atoms with van der Waals surface area (Å²) < 4.78 is 1.52. The molecule has 1 aromatic heterocycles. The van der Waals surface area contributed by atoms with Gasteiger partial charge in [0, 0.05) is 37.8 Å². The minimum absolute atomic E-state index is 0.0416. The van der Waals surface area contributed by atoms with Crippen molar-refractivity contribution in [2.24, 2.45) is 7.05 Å². The number of thioether (sulfide) groups is 1. The van der Waals surface area contributed by atoms with E-state index in [1.165, 1.54) is 16.3 Å². The summed E-state index contributed by atoms with van der Waals surface area (Å²) in [6, 6.07) is 9.85. The van der Waals surface area contributed by atoms with Crippen LogP contribution in [-0.2, 0) is 18.3 Å². The van der Waals surface area contributed by atoms with Gasteiger partial charge >= 0.3 is 0 Å². The molecule has 0 atom stereocenters. The average Bonchev–Trinajstić information content (AvgIpc) is 2.67. The van der Waals surface area contributed by atoms with Crippen LogP contribution in [0.2, 0.25) is 0 Å². The predicted octanol–water partition coefficient (Wildman–Crippen LogP) is 2.97. The molecule has 0 unspecified atom stereocenters. The lowest BCUT2D eigenvalue weighted by atomic mass is 10.1. The minimum Gasteiger partial charge on any atom is -0.335 e. The third-order valence-electron chi connectivity index (χ3n) is 4.15. The Morgan fingerprint density at radius 2 is 1.85 bits per heavy atom. The van der Waals surface area contributed by atoms with Gasteiger partial charge in [-0.05, 0) is 12.5 Å². The number of aromatic nitrogens is 2. The summed E-state index contributed by atoms with van der Waals surface area (Å²) in [5.74, 6) is 0.166. The Morgan fingerprint density at radius 1 is 1.22 bits per heavy atom. The number of nitrogens with zero attached hydrogens (tertiary/aromatic N) is 3. The molecule has 0 saturated carbocycles. The summed E-state index contributed by atoms with van der Waals surface area (Å²) in [6.07, 6.45) is 3.91. The molecule has 6 heteroatoms. The summed E-state index contributed by atoms with van der Waals surface area (Å²) in [5, 5.41) is 0.541. The Balaban J connectivity index is 2.17. The predicted molar refractivity (Wildman–Crippen MR) is 111 cm³/mol. The van der Waals surface area contributed by atoms with Crippen LogP contribution in [0.3, 0.4) is 0 Å². The maximum absolute atomic E-state index is 12.8. The monoisotopic (exact) mass is 383 g/mol. The van der Waals surface area contributed by atoms with Gasteiger partial charge in [-0.1, -0.05) is 54.2 Å². The Kier molecular flexibility index (Phi) is 7.61. The highest BCUT2D eigenvalue weighted by molar-refractivity contribution is 7.99. The van der Waals surface area contributed by atoms with Crippen LogP contribution in [0, 0.1) is 6.92 Å². The molecule has 0 N–H and O–H groups in total. The molecule has 0 aliphatic rings. The Morgan fingerprint density at radius 3 is 2.44 bits per heavy atom. The minimum atomic E-state index is -0.0738. The van der Waals surface area contributed by atoms with Crippen molar-refractivity contribution >= 4 is 17.7 Å². The van der Waals surface area contributed by atoms with E-state index in [-0.39, 0.29) is 17.2 Å². The van der Waals surface area contributed by atoms with E-state index in [1.54, 1.807) is 24.1 Å². The topological polar surface area (TPSA) is 55.2 Å². The van der Waals surface area contributed by atoms with Crippen molar-refractivity contribution in [1.29, 1.82) is 0 Å². The molecule has 0 radical (unpaired) electrons. The van der Waals surface area contributed by atoms with Crippen molar-refractivity contribution in [1.82, 2.24) is 14.5 Å². The Bertz CT molecular complexity index is 865. The van der Waals surface area contributed by atoms with Crippen molar-refractivity contribution in [3.63, 3.8) is 0 Å². The van der Waals surface area contributed by atoms with E-state index < -0.39 is 0 Å². The van der Waals surface area contributed by atoms with Gasteiger partial charge in [0.05, 0.1) is 5.75 Å². The Hall–Kier alpha value is -2.60. The second kappa shape index (κ2) is 9.92. The van der Waals surface area contributed by atoms with Gasteiger partial charge in [-0.3, -0.25) is 14.2 Å². The molecule has 0 bridgehead atoms. The van der Waals surface area contributed by atoms with Crippen LogP contribution in [0.5, 0.6) is 0 Å². The molecule has 1 amide bonds. The number of carbonyl (C=O) groups is 1. The molecule has 27 heavy (non-hydrogen) atoms. The zero-order chi connectivity index (χ0) is 19.8. The average molecular weight is 384 g/mol. The number of amides is 1. The number of carbonyl (C=O) groups excluding carboxylic acids is 1. The second-order valence-electron chi connectivity index (χ2n) is 6.15. The zero-order valence-electron chi connectivity index (χ0n) is 15.9. The van der Waals surface area contributed by atoms with Gasteiger partial charge in [0.2, 0.25) is 5.91 Å². The molecule has 1 heterocycles. The number of rotatable bonds is 9. The van der Waals surface area contributed by atoms with Crippen molar-refractivity contribution in [2.45, 2.75) is 18.5 Å². The second-order valence-corrected chi connectivity index (χ2v) is 7.09. The lowest BCUT2D eigenvalue weighted by Crippen LogP contribution is -2.33. The number of hydrogen-bond donors (Lipinski definition) is 0. The van der Waals surface area contributed by atoms with Gasteiger partial charge in [-0.15, -0.1) is 13.2 Å². The summed E-state index contributed by atoms with van der Waals surface area (Å²) >= 11 is 1.27. The first-order chi connectivity index (χ1) is 13.0. The zero-order valence-corrected chi connectivity index (χ0v) is 16.7. The molecular weight excluding hydrogens is 358 g/mol. The van der Waals surface area contributed by atoms with Crippen LogP contribution in [0.1, 0.15) is 16.8 Å². The maximum Gasteiger partial charge on any atom is 0.257 e. The van der Waals surface area contributed by atoms with E-state index >= 15 is 0 Å². The van der Waals surface area contributed by atoms with E-state index in [1.807, 2.05) is 37.3 Å². The van der Waals surface area contributed by atoms with Crippen molar-refractivity contribution in [3.05, 3.63) is 82.8 Å². The van der Waals surface area contributed by atoms with E-state index in [9.17, 15) is 9.59 Å². The molecule has 5 nitrogen and oxygen atoms in total. The molecule has 1 aromatic carbocycles. The highest BCUT2D eigenvalue weighted by atomic mass is 32.2. The fourth-order valence-electron chi connectivity index (χ4n) is 2.67. The van der Waals surface area contributed by atoms with Crippen LogP contribution in [0.25, 0.3) is 0 Å². The van der Waals surface area contributed by atoms with Gasteiger partial charge in [-0.25, -0.2) is 4.98 Å². The molecule has 2 rings (SSSR count). The number of benzene rings is 1. The first-order valence-electron chi connectivity index (χ1n) is 8.70. The summed E-state index contributed by atoms with van der Waals surface area (Å²) in [6.45, 7) is 10.1. The SMILES string of the molecule is C=CCN(CC=C)C(=O)CSc1nc(C)c(Cc2ccccc2)c(=O)n1C. The third-order valence-corrected chi connectivity index (χ3v) is 5.16. The molecule has 2 aromatic rings. The highest BCUT2D eigenvalue weighted by Gasteiger charge is 2.16. The fourth-order valence-corrected chi connectivity index (χ4v) is 3.58. The number of hydrogen-bond acceptors (Lipinski definition) is 4. The smallest absolute Gasteiger partial charge is 0.257 e. The van der Waals surface area contributed by atoms with Gasteiger partial charge in [0.15, 0.2) is 5.16 Å². The van der Waals surface area contributed by atoms with E-state index in [2.05, 4.69) is 18.1 Å². The summed E-state index contributed by atoms with van der Waals surface area (Å²) in [7, 11) is 1.70. The quantitative estimate of drug-likeness (QED) is 0.379. The Labute approximate surface area is 164 Å². The maximum atomic E-state index is 12.8. The molecule has 0 saturated heterocycles.